The highest BCUT2D eigenvalue weighted by Gasteiger charge is 1.88. The van der Waals surface area contributed by atoms with Crippen molar-refractivity contribution in [1.29, 1.82) is 0 Å². The van der Waals surface area contributed by atoms with Gasteiger partial charge < -0.3 is 0 Å². The van der Waals surface area contributed by atoms with E-state index in [1.807, 2.05) is 37.3 Å². The molecule has 0 saturated carbocycles. The Bertz CT molecular complexity index is 659. The van der Waals surface area contributed by atoms with Gasteiger partial charge in [0.1, 0.15) is 0 Å². The zero-order chi connectivity index (χ0) is 10.7. The van der Waals surface area contributed by atoms with Gasteiger partial charge >= 0.3 is 0 Å². The van der Waals surface area contributed by atoms with E-state index in [9.17, 15) is 0 Å². The first kappa shape index (κ1) is 9.59. The van der Waals surface area contributed by atoms with Crippen LogP contribution in [0.5, 0.6) is 0 Å². The molecule has 0 spiro atoms. The summed E-state index contributed by atoms with van der Waals surface area (Å²) in [5.74, 6) is 0. The maximum atomic E-state index is 4.35. The highest BCUT2D eigenvalue weighted by molar-refractivity contribution is 5.20. The van der Waals surface area contributed by atoms with Crippen molar-refractivity contribution in [3.05, 3.63) is 57.8 Å². The molecule has 0 fully saturated rings. The van der Waals surface area contributed by atoms with Crippen LogP contribution in [0.4, 0.5) is 0 Å². The zero-order valence-corrected chi connectivity index (χ0v) is 8.64. The van der Waals surface area contributed by atoms with Gasteiger partial charge in [-0.05, 0) is 29.5 Å². The fraction of sp³-hybridized carbons (Fsp3) is 0.0769. The molecule has 0 aliphatic heterocycles. The molecule has 0 unspecified atom stereocenters. The molecule has 15 heavy (non-hydrogen) atoms. The van der Waals surface area contributed by atoms with Crippen molar-refractivity contribution in [2.75, 3.05) is 0 Å². The Labute approximate surface area is 88.0 Å². The van der Waals surface area contributed by atoms with Crippen molar-refractivity contribution < 1.29 is 0 Å². The largest absolute Gasteiger partial charge is 0.254 e. The highest BCUT2D eigenvalue weighted by atomic mass is 14.7. The SMILES string of the molecule is C=c1cccn/c1=c1\nccc\c1=C\C. The lowest BCUT2D eigenvalue weighted by Crippen LogP contribution is -2.11. The standard InChI is InChI=1S/C13H12N2/c1-3-11-7-5-9-15-13(11)12-10(2)6-4-8-14-12/h3-9H,2H2,1H3/b11-3-,13-12-. The number of nitrogens with zero attached hydrogens (tertiary/aromatic N) is 2. The van der Waals surface area contributed by atoms with Crippen LogP contribution < -0.4 is 10.4 Å². The van der Waals surface area contributed by atoms with Crippen LogP contribution in [-0.2, 0) is 0 Å². The number of pyridine rings is 2. The second kappa shape index (κ2) is 4.05. The fourth-order valence-electron chi connectivity index (χ4n) is 1.50. The number of hydrogen-bond donors (Lipinski definition) is 0. The molecule has 0 saturated heterocycles. The van der Waals surface area contributed by atoms with Crippen LogP contribution in [0.3, 0.4) is 0 Å². The molecule has 74 valence electrons. The third-order valence-electron chi connectivity index (χ3n) is 2.27. The van der Waals surface area contributed by atoms with Crippen LogP contribution in [0.15, 0.2) is 36.7 Å². The molecule has 0 atom stereocenters. The summed E-state index contributed by atoms with van der Waals surface area (Å²) in [7, 11) is 0. The summed E-state index contributed by atoms with van der Waals surface area (Å²) in [5, 5.41) is 3.73. The van der Waals surface area contributed by atoms with Crippen LogP contribution in [-0.4, -0.2) is 9.97 Å². The summed E-state index contributed by atoms with van der Waals surface area (Å²) in [5.41, 5.74) is 0. The zero-order valence-electron chi connectivity index (χ0n) is 8.64. The summed E-state index contributed by atoms with van der Waals surface area (Å²) in [4.78, 5) is 8.66. The van der Waals surface area contributed by atoms with Gasteiger partial charge in [0.05, 0.1) is 10.7 Å². The fourth-order valence-corrected chi connectivity index (χ4v) is 1.50. The van der Waals surface area contributed by atoms with E-state index in [4.69, 9.17) is 0 Å². The van der Waals surface area contributed by atoms with E-state index in [1.165, 1.54) is 0 Å². The summed E-state index contributed by atoms with van der Waals surface area (Å²) < 4.78 is 0. The first-order chi connectivity index (χ1) is 7.33. The number of hydrogen-bond acceptors (Lipinski definition) is 2. The van der Waals surface area contributed by atoms with Gasteiger partial charge in [-0.1, -0.05) is 24.8 Å². The molecular formula is C13H12N2. The van der Waals surface area contributed by atoms with Gasteiger partial charge in [-0.15, -0.1) is 0 Å². The predicted molar refractivity (Wildman–Crippen MR) is 61.1 cm³/mol. The predicted octanol–water partition coefficient (Wildman–Crippen LogP) is 0.974. The van der Waals surface area contributed by atoms with Crippen molar-refractivity contribution in [2.45, 2.75) is 6.92 Å². The molecule has 0 N–H and O–H groups in total. The topological polar surface area (TPSA) is 25.8 Å². The van der Waals surface area contributed by atoms with Gasteiger partial charge in [-0.25, -0.2) is 0 Å². The van der Waals surface area contributed by atoms with E-state index in [1.54, 1.807) is 12.4 Å². The minimum absolute atomic E-state index is 0.853. The lowest BCUT2D eigenvalue weighted by molar-refractivity contribution is 1.11. The smallest absolute Gasteiger partial charge is 0.0960 e. The Hall–Kier alpha value is -1.96. The normalized spacial score (nSPS) is 14.1. The quantitative estimate of drug-likeness (QED) is 0.627. The third kappa shape index (κ3) is 1.79. The van der Waals surface area contributed by atoms with Crippen LogP contribution in [0.1, 0.15) is 6.92 Å². The van der Waals surface area contributed by atoms with Crippen molar-refractivity contribution in [3.8, 4) is 0 Å². The van der Waals surface area contributed by atoms with Gasteiger partial charge in [0.25, 0.3) is 0 Å². The molecule has 2 heteroatoms. The Kier molecular flexibility index (Phi) is 2.59. The van der Waals surface area contributed by atoms with E-state index >= 15 is 0 Å². The monoisotopic (exact) mass is 196 g/mol. The third-order valence-corrected chi connectivity index (χ3v) is 2.27. The first-order valence-corrected chi connectivity index (χ1v) is 4.84. The Morgan fingerprint density at radius 1 is 1.07 bits per heavy atom. The second-order valence-corrected chi connectivity index (χ2v) is 3.24. The van der Waals surface area contributed by atoms with Crippen molar-refractivity contribution in [2.24, 2.45) is 0 Å². The molecule has 2 heterocycles. The lowest BCUT2D eigenvalue weighted by Gasteiger charge is -1.90. The summed E-state index contributed by atoms with van der Waals surface area (Å²) in [6, 6.07) is 7.77. The van der Waals surface area contributed by atoms with E-state index in [0.717, 1.165) is 21.1 Å². The van der Waals surface area contributed by atoms with E-state index in [0.29, 0.717) is 0 Å². The molecule has 0 amide bonds. The van der Waals surface area contributed by atoms with E-state index < -0.39 is 0 Å². The Balaban J connectivity index is 3.15. The molecule has 2 rings (SSSR count). The molecule has 0 aliphatic rings. The first-order valence-electron chi connectivity index (χ1n) is 4.84. The van der Waals surface area contributed by atoms with Gasteiger partial charge in [0.15, 0.2) is 0 Å². The lowest BCUT2D eigenvalue weighted by atomic mass is 10.3. The molecule has 0 radical (unpaired) electrons. The highest BCUT2D eigenvalue weighted by Crippen LogP contribution is 1.80. The van der Waals surface area contributed by atoms with Gasteiger partial charge in [0.2, 0.25) is 0 Å². The summed E-state index contributed by atoms with van der Waals surface area (Å²) in [6.45, 7) is 5.95. The minimum atomic E-state index is 0.853. The Morgan fingerprint density at radius 2 is 1.73 bits per heavy atom. The van der Waals surface area contributed by atoms with Gasteiger partial charge in [-0.3, -0.25) is 9.97 Å². The molecule has 0 bridgehead atoms. The van der Waals surface area contributed by atoms with Crippen LogP contribution in [0, 0.1) is 10.7 Å². The maximum absolute atomic E-state index is 4.35. The van der Waals surface area contributed by atoms with E-state index in [-0.39, 0.29) is 0 Å². The van der Waals surface area contributed by atoms with Crippen molar-refractivity contribution in [3.63, 3.8) is 0 Å². The van der Waals surface area contributed by atoms with Crippen LogP contribution in [0.2, 0.25) is 0 Å². The second-order valence-electron chi connectivity index (χ2n) is 3.24. The van der Waals surface area contributed by atoms with Crippen molar-refractivity contribution in [1.82, 2.24) is 9.97 Å². The minimum Gasteiger partial charge on any atom is -0.254 e. The molecule has 0 aromatic carbocycles. The molecule has 2 aromatic rings. The van der Waals surface area contributed by atoms with Gasteiger partial charge in [-0.2, -0.15) is 0 Å². The average molecular weight is 196 g/mol. The van der Waals surface area contributed by atoms with Crippen LogP contribution in [0.25, 0.3) is 12.7 Å². The molecular weight excluding hydrogens is 184 g/mol. The average Bonchev–Trinajstić information content (AvgIpc) is 2.30. The molecule has 2 nitrogen and oxygen atoms in total. The number of rotatable bonds is 0. The van der Waals surface area contributed by atoms with Crippen molar-refractivity contribution >= 4 is 12.7 Å². The van der Waals surface area contributed by atoms with Crippen LogP contribution >= 0.6 is 0 Å². The van der Waals surface area contributed by atoms with E-state index in [2.05, 4.69) is 16.5 Å². The summed E-state index contributed by atoms with van der Waals surface area (Å²) >= 11 is 0. The maximum Gasteiger partial charge on any atom is 0.0960 e. The van der Waals surface area contributed by atoms with Gasteiger partial charge in [0, 0.05) is 12.4 Å². The molecule has 0 aliphatic carbocycles. The molecule has 2 aromatic heterocycles. The Morgan fingerprint density at radius 3 is 2.40 bits per heavy atom. The number of aromatic nitrogens is 2. The summed E-state index contributed by atoms with van der Waals surface area (Å²) in [6.07, 6.45) is 5.56.